The Bertz CT molecular complexity index is 811. The molecule has 3 rings (SSSR count). The standard InChI is InChI=1S/C23H30N2O4/c1-24(16-23(27)28-2)13-18-6-5-9-22(12-18)29-17-21(26)15-25-11-10-19-7-3-4-8-20(19)14-25/h3-9,12,21,26H,10-11,13-17H2,1-2H3. The van der Waals surface area contributed by atoms with Crippen LogP contribution in [0.5, 0.6) is 5.75 Å². The van der Waals surface area contributed by atoms with Crippen LogP contribution in [-0.4, -0.2) is 67.4 Å². The van der Waals surface area contributed by atoms with Gasteiger partial charge in [0.2, 0.25) is 0 Å². The van der Waals surface area contributed by atoms with Gasteiger partial charge in [0.05, 0.1) is 13.7 Å². The number of hydrogen-bond acceptors (Lipinski definition) is 6. The number of carbonyl (C=O) groups is 1. The van der Waals surface area contributed by atoms with Crippen LogP contribution in [0.1, 0.15) is 16.7 Å². The third-order valence-corrected chi connectivity index (χ3v) is 5.10. The van der Waals surface area contributed by atoms with Crippen molar-refractivity contribution in [1.82, 2.24) is 9.80 Å². The first-order valence-electron chi connectivity index (χ1n) is 9.98. The minimum atomic E-state index is -0.550. The molecule has 0 aromatic heterocycles. The second kappa shape index (κ2) is 10.4. The quantitative estimate of drug-likeness (QED) is 0.653. The number of nitrogens with zero attached hydrogens (tertiary/aromatic N) is 2. The average molecular weight is 399 g/mol. The monoisotopic (exact) mass is 398 g/mol. The molecule has 0 spiro atoms. The Morgan fingerprint density at radius 1 is 1.21 bits per heavy atom. The number of esters is 1. The summed E-state index contributed by atoms with van der Waals surface area (Å²) in [5.74, 6) is 0.459. The van der Waals surface area contributed by atoms with Crippen molar-refractivity contribution >= 4 is 5.97 Å². The van der Waals surface area contributed by atoms with E-state index in [4.69, 9.17) is 9.47 Å². The lowest BCUT2D eigenvalue weighted by Crippen LogP contribution is -2.38. The van der Waals surface area contributed by atoms with Gasteiger partial charge in [0.1, 0.15) is 18.5 Å². The van der Waals surface area contributed by atoms with Crippen molar-refractivity contribution in [3.05, 3.63) is 65.2 Å². The molecule has 6 heteroatoms. The number of likely N-dealkylation sites (N-methyl/N-ethyl adjacent to an activating group) is 1. The normalized spacial score (nSPS) is 15.0. The zero-order chi connectivity index (χ0) is 20.6. The van der Waals surface area contributed by atoms with Gasteiger partial charge in [0.15, 0.2) is 0 Å². The summed E-state index contributed by atoms with van der Waals surface area (Å²) in [6.07, 6.45) is 0.469. The molecular formula is C23H30N2O4. The highest BCUT2D eigenvalue weighted by Crippen LogP contribution is 2.19. The van der Waals surface area contributed by atoms with Crippen LogP contribution in [0.3, 0.4) is 0 Å². The minimum absolute atomic E-state index is 0.235. The first-order chi connectivity index (χ1) is 14.0. The van der Waals surface area contributed by atoms with Crippen molar-refractivity contribution in [1.29, 1.82) is 0 Å². The summed E-state index contributed by atoms with van der Waals surface area (Å²) in [6.45, 7) is 3.52. The molecule has 0 amide bonds. The summed E-state index contributed by atoms with van der Waals surface area (Å²) in [5.41, 5.74) is 3.79. The lowest BCUT2D eigenvalue weighted by molar-refractivity contribution is -0.141. The van der Waals surface area contributed by atoms with Crippen molar-refractivity contribution < 1.29 is 19.4 Å². The molecule has 1 heterocycles. The van der Waals surface area contributed by atoms with Gasteiger partial charge in [-0.15, -0.1) is 0 Å². The molecule has 2 aromatic carbocycles. The van der Waals surface area contributed by atoms with E-state index in [9.17, 15) is 9.90 Å². The first-order valence-corrected chi connectivity index (χ1v) is 9.98. The number of methoxy groups -OCH3 is 1. The zero-order valence-electron chi connectivity index (χ0n) is 17.2. The fraction of sp³-hybridized carbons (Fsp3) is 0.435. The Hall–Kier alpha value is -2.41. The fourth-order valence-corrected chi connectivity index (χ4v) is 3.64. The highest BCUT2D eigenvalue weighted by atomic mass is 16.5. The van der Waals surface area contributed by atoms with Crippen molar-refractivity contribution in [3.63, 3.8) is 0 Å². The third-order valence-electron chi connectivity index (χ3n) is 5.10. The van der Waals surface area contributed by atoms with E-state index in [1.54, 1.807) is 0 Å². The molecule has 0 radical (unpaired) electrons. The second-order valence-electron chi connectivity index (χ2n) is 7.61. The largest absolute Gasteiger partial charge is 0.491 e. The molecule has 0 saturated heterocycles. The number of rotatable bonds is 9. The first kappa shape index (κ1) is 21.3. The van der Waals surface area contributed by atoms with Gasteiger partial charge in [-0.3, -0.25) is 14.6 Å². The summed E-state index contributed by atoms with van der Waals surface area (Å²) >= 11 is 0. The number of aliphatic hydroxyl groups excluding tert-OH is 1. The molecule has 1 aliphatic heterocycles. The number of ether oxygens (including phenoxy) is 2. The molecule has 156 valence electrons. The Morgan fingerprint density at radius 3 is 2.79 bits per heavy atom. The topological polar surface area (TPSA) is 62.2 Å². The summed E-state index contributed by atoms with van der Waals surface area (Å²) in [5, 5.41) is 10.4. The van der Waals surface area contributed by atoms with Gasteiger partial charge >= 0.3 is 5.97 Å². The summed E-state index contributed by atoms with van der Waals surface area (Å²) in [4.78, 5) is 15.5. The predicted octanol–water partition coefficient (Wildman–Crippen LogP) is 2.09. The number of carbonyl (C=O) groups excluding carboxylic acids is 1. The number of fused-ring (bicyclic) bond motifs is 1. The lowest BCUT2D eigenvalue weighted by atomic mass is 10.00. The van der Waals surface area contributed by atoms with Crippen LogP contribution >= 0.6 is 0 Å². The smallest absolute Gasteiger partial charge is 0.319 e. The second-order valence-corrected chi connectivity index (χ2v) is 7.61. The molecule has 0 aliphatic carbocycles. The molecule has 0 saturated carbocycles. The summed E-state index contributed by atoms with van der Waals surface area (Å²) in [7, 11) is 3.25. The number of hydrogen-bond donors (Lipinski definition) is 1. The Balaban J connectivity index is 1.45. The molecule has 0 fully saturated rings. The van der Waals surface area contributed by atoms with Gasteiger partial charge in [0, 0.05) is 26.2 Å². The molecule has 1 N–H and O–H groups in total. The predicted molar refractivity (Wildman–Crippen MR) is 112 cm³/mol. The highest BCUT2D eigenvalue weighted by Gasteiger charge is 2.18. The van der Waals surface area contributed by atoms with Gasteiger partial charge in [-0.1, -0.05) is 36.4 Å². The SMILES string of the molecule is COC(=O)CN(C)Cc1cccc(OCC(O)CN2CCc3ccccc3C2)c1. The summed E-state index contributed by atoms with van der Waals surface area (Å²) in [6, 6.07) is 16.2. The maximum atomic E-state index is 11.4. The van der Waals surface area contributed by atoms with E-state index in [1.807, 2.05) is 36.2 Å². The van der Waals surface area contributed by atoms with Crippen LogP contribution in [-0.2, 0) is 29.0 Å². The Labute approximate surface area is 172 Å². The Morgan fingerprint density at radius 2 is 2.00 bits per heavy atom. The lowest BCUT2D eigenvalue weighted by Gasteiger charge is -2.30. The van der Waals surface area contributed by atoms with Crippen molar-refractivity contribution in [3.8, 4) is 5.75 Å². The number of benzene rings is 2. The van der Waals surface area contributed by atoms with E-state index < -0.39 is 6.10 Å². The fourth-order valence-electron chi connectivity index (χ4n) is 3.64. The van der Waals surface area contributed by atoms with Gasteiger partial charge in [-0.2, -0.15) is 0 Å². The minimum Gasteiger partial charge on any atom is -0.491 e. The molecule has 1 atom stereocenters. The molecule has 0 bridgehead atoms. The van der Waals surface area contributed by atoms with E-state index in [-0.39, 0.29) is 19.1 Å². The summed E-state index contributed by atoms with van der Waals surface area (Å²) < 4.78 is 10.5. The van der Waals surface area contributed by atoms with E-state index in [0.29, 0.717) is 13.1 Å². The van der Waals surface area contributed by atoms with Gasteiger partial charge < -0.3 is 14.6 Å². The van der Waals surface area contributed by atoms with Crippen molar-refractivity contribution in [2.45, 2.75) is 25.6 Å². The van der Waals surface area contributed by atoms with Crippen LogP contribution in [0.15, 0.2) is 48.5 Å². The average Bonchev–Trinajstić information content (AvgIpc) is 2.72. The maximum absolute atomic E-state index is 11.4. The van der Waals surface area contributed by atoms with Crippen molar-refractivity contribution in [2.75, 3.05) is 40.4 Å². The Kier molecular flexibility index (Phi) is 7.63. The van der Waals surface area contributed by atoms with E-state index in [2.05, 4.69) is 29.2 Å². The van der Waals surface area contributed by atoms with Gasteiger partial charge in [-0.25, -0.2) is 0 Å². The molecular weight excluding hydrogens is 368 g/mol. The molecule has 1 aliphatic rings. The van der Waals surface area contributed by atoms with Gasteiger partial charge in [0.25, 0.3) is 0 Å². The number of aliphatic hydroxyl groups is 1. The molecule has 29 heavy (non-hydrogen) atoms. The number of β-amino-alcohol motifs (C(OH)–C–C–N with tert-alkyl or cyclic N) is 1. The van der Waals surface area contributed by atoms with Gasteiger partial charge in [-0.05, 0) is 42.3 Å². The molecule has 2 aromatic rings. The van der Waals surface area contributed by atoms with Crippen LogP contribution in [0.25, 0.3) is 0 Å². The van der Waals surface area contributed by atoms with E-state index in [1.165, 1.54) is 18.2 Å². The zero-order valence-corrected chi connectivity index (χ0v) is 17.2. The third kappa shape index (κ3) is 6.56. The van der Waals surface area contributed by atoms with Crippen LogP contribution in [0.4, 0.5) is 0 Å². The van der Waals surface area contributed by atoms with E-state index in [0.717, 1.165) is 30.8 Å². The van der Waals surface area contributed by atoms with Crippen LogP contribution in [0, 0.1) is 0 Å². The van der Waals surface area contributed by atoms with E-state index >= 15 is 0 Å². The van der Waals surface area contributed by atoms with Crippen molar-refractivity contribution in [2.24, 2.45) is 0 Å². The maximum Gasteiger partial charge on any atom is 0.319 e. The molecule has 1 unspecified atom stereocenters. The highest BCUT2D eigenvalue weighted by molar-refractivity contribution is 5.71. The van der Waals surface area contributed by atoms with Crippen LogP contribution < -0.4 is 4.74 Å². The van der Waals surface area contributed by atoms with Crippen LogP contribution in [0.2, 0.25) is 0 Å². The molecule has 6 nitrogen and oxygen atoms in total.